The van der Waals surface area contributed by atoms with Crippen molar-refractivity contribution < 1.29 is 27.1 Å². The van der Waals surface area contributed by atoms with Crippen LogP contribution in [0.3, 0.4) is 0 Å². The summed E-state index contributed by atoms with van der Waals surface area (Å²) in [5.41, 5.74) is 0.549. The van der Waals surface area contributed by atoms with Crippen LogP contribution in [0, 0.1) is 5.82 Å². The smallest absolute Gasteiger partial charge is 0.260 e. The lowest BCUT2D eigenvalue weighted by Crippen LogP contribution is -2.50. The number of hydrogen-bond donors (Lipinski definition) is 1. The largest absolute Gasteiger partial charge is 0.483 e. The van der Waals surface area contributed by atoms with Gasteiger partial charge in [0.2, 0.25) is 10.0 Å². The molecule has 0 radical (unpaired) electrons. The number of nitrogens with zero attached hydrogens (tertiary/aromatic N) is 1. The summed E-state index contributed by atoms with van der Waals surface area (Å²) in [4.78, 5) is 14.5. The van der Waals surface area contributed by atoms with Crippen LogP contribution in [-0.2, 0) is 19.6 Å². The van der Waals surface area contributed by atoms with Gasteiger partial charge in [-0.25, -0.2) is 17.5 Å². The maximum absolute atomic E-state index is 14.6. The minimum absolute atomic E-state index is 0.0274. The fourth-order valence-corrected chi connectivity index (χ4v) is 5.62. The molecule has 5 rings (SSSR count). The molecule has 160 valence electrons. The molecule has 0 aromatic heterocycles. The molecule has 1 saturated heterocycles. The summed E-state index contributed by atoms with van der Waals surface area (Å²) in [6.45, 7) is 0.483. The van der Waals surface area contributed by atoms with Crippen LogP contribution >= 0.6 is 0 Å². The Kier molecular flexibility index (Phi) is 5.81. The number of carbonyl (C=O) groups is 1. The Morgan fingerprint density at radius 2 is 1.93 bits per heavy atom. The molecule has 1 unspecified atom stereocenters. The molecule has 1 saturated carbocycles. The van der Waals surface area contributed by atoms with Crippen LogP contribution in [0.1, 0.15) is 43.6 Å². The van der Waals surface area contributed by atoms with Gasteiger partial charge in [0.15, 0.2) is 6.61 Å². The highest BCUT2D eigenvalue weighted by molar-refractivity contribution is 7.88. The Hall–Kier alpha value is -1.71. The number of ether oxygens (including phenoxy) is 2. The lowest BCUT2D eigenvalue weighted by Gasteiger charge is -2.32. The summed E-state index contributed by atoms with van der Waals surface area (Å²) < 4.78 is 52.6. The molecule has 1 N–H and O–H groups in total. The van der Waals surface area contributed by atoms with E-state index in [9.17, 15) is 17.6 Å². The average molecular weight is 427 g/mol. The van der Waals surface area contributed by atoms with Gasteiger partial charge in [0.05, 0.1) is 25.0 Å². The van der Waals surface area contributed by atoms with E-state index >= 15 is 0 Å². The van der Waals surface area contributed by atoms with Crippen molar-refractivity contribution >= 4 is 15.9 Å². The molecule has 1 aromatic rings. The minimum atomic E-state index is -3.40. The lowest BCUT2D eigenvalue weighted by molar-refractivity contribution is -0.136. The molecule has 2 bridgehead atoms. The summed E-state index contributed by atoms with van der Waals surface area (Å²) in [6.07, 6.45) is 4.83. The van der Waals surface area contributed by atoms with Gasteiger partial charge in [0.25, 0.3) is 5.91 Å². The highest BCUT2D eigenvalue weighted by Gasteiger charge is 2.40. The van der Waals surface area contributed by atoms with Crippen LogP contribution in [0.5, 0.6) is 5.75 Å². The molecular formula is C20H27FN2O5S. The van der Waals surface area contributed by atoms with Gasteiger partial charge >= 0.3 is 0 Å². The Morgan fingerprint density at radius 3 is 2.66 bits per heavy atom. The Bertz CT molecular complexity index is 870. The van der Waals surface area contributed by atoms with Crippen LogP contribution in [0.2, 0.25) is 0 Å². The Labute approximate surface area is 170 Å². The van der Waals surface area contributed by atoms with Gasteiger partial charge in [-0.1, -0.05) is 6.07 Å². The number of sulfonamides is 1. The van der Waals surface area contributed by atoms with Gasteiger partial charge in [-0.05, 0) is 50.2 Å². The van der Waals surface area contributed by atoms with Crippen molar-refractivity contribution in [2.45, 2.75) is 56.2 Å². The molecule has 2 fully saturated rings. The van der Waals surface area contributed by atoms with Crippen LogP contribution in [-0.4, -0.2) is 63.4 Å². The zero-order chi connectivity index (χ0) is 20.6. The summed E-state index contributed by atoms with van der Waals surface area (Å²) >= 11 is 0. The van der Waals surface area contributed by atoms with Crippen molar-refractivity contribution in [2.75, 3.05) is 26.0 Å². The third-order valence-corrected chi connectivity index (χ3v) is 6.91. The molecule has 29 heavy (non-hydrogen) atoms. The minimum Gasteiger partial charge on any atom is -0.483 e. The van der Waals surface area contributed by atoms with Crippen LogP contribution in [0.4, 0.5) is 4.39 Å². The van der Waals surface area contributed by atoms with E-state index in [4.69, 9.17) is 9.47 Å². The molecule has 4 aliphatic rings. The third kappa shape index (κ3) is 4.57. The fourth-order valence-electron chi connectivity index (χ4n) is 4.80. The predicted molar refractivity (Wildman–Crippen MR) is 105 cm³/mol. The topological polar surface area (TPSA) is 84.9 Å². The predicted octanol–water partition coefficient (Wildman–Crippen LogP) is 1.78. The van der Waals surface area contributed by atoms with Gasteiger partial charge in [-0.2, -0.15) is 0 Å². The van der Waals surface area contributed by atoms with E-state index in [1.54, 1.807) is 17.0 Å². The van der Waals surface area contributed by atoms with E-state index < -0.39 is 10.0 Å². The van der Waals surface area contributed by atoms with Crippen molar-refractivity contribution in [3.63, 3.8) is 0 Å². The highest BCUT2D eigenvalue weighted by atomic mass is 32.2. The molecule has 9 heteroatoms. The second kappa shape index (κ2) is 8.20. The van der Waals surface area contributed by atoms with Gasteiger partial charge < -0.3 is 14.4 Å². The monoisotopic (exact) mass is 426 g/mol. The maximum atomic E-state index is 14.6. The molecule has 1 aliphatic carbocycles. The number of hydrogen-bond acceptors (Lipinski definition) is 5. The summed E-state index contributed by atoms with van der Waals surface area (Å²) in [6, 6.07) is 3.97. The first-order chi connectivity index (χ1) is 13.8. The highest BCUT2D eigenvalue weighted by Crippen LogP contribution is 2.40. The van der Waals surface area contributed by atoms with Crippen LogP contribution < -0.4 is 9.46 Å². The first kappa shape index (κ1) is 20.6. The van der Waals surface area contributed by atoms with Crippen molar-refractivity contribution in [1.82, 2.24) is 9.62 Å². The standard InChI is InChI=1S/C20H27FN2O5S/c1-29(25,26)22-16-9-10-23-17(16)11-27-14-7-5-13(6-8-14)20-15(21)3-2-4-18(20)28-12-19(23)24/h2-4,13-14,16-17,22H,5-12H2,1H3/t13-,14+,16?,17-/m0/s1. The van der Waals surface area contributed by atoms with E-state index in [2.05, 4.69) is 4.72 Å². The van der Waals surface area contributed by atoms with Gasteiger partial charge in [0.1, 0.15) is 11.6 Å². The zero-order valence-electron chi connectivity index (χ0n) is 16.5. The molecule has 1 amide bonds. The number of benzene rings is 1. The van der Waals surface area contributed by atoms with E-state index in [0.29, 0.717) is 24.3 Å². The Balaban J connectivity index is 1.61. The molecule has 2 atom stereocenters. The van der Waals surface area contributed by atoms with Gasteiger partial charge in [-0.3, -0.25) is 4.79 Å². The molecule has 7 nitrogen and oxygen atoms in total. The molecule has 3 heterocycles. The second-order valence-corrected chi connectivity index (χ2v) is 9.97. The van der Waals surface area contributed by atoms with Crippen molar-refractivity contribution in [1.29, 1.82) is 0 Å². The van der Waals surface area contributed by atoms with E-state index in [1.807, 2.05) is 0 Å². The number of rotatable bonds is 2. The number of nitrogens with one attached hydrogen (secondary N) is 1. The van der Waals surface area contributed by atoms with Crippen molar-refractivity contribution in [2.24, 2.45) is 0 Å². The summed E-state index contributed by atoms with van der Waals surface area (Å²) in [7, 11) is -3.40. The average Bonchev–Trinajstić information content (AvgIpc) is 3.05. The fraction of sp³-hybridized carbons (Fsp3) is 0.650. The van der Waals surface area contributed by atoms with Crippen LogP contribution in [0.15, 0.2) is 18.2 Å². The van der Waals surface area contributed by atoms with E-state index in [-0.39, 0.29) is 49.0 Å². The maximum Gasteiger partial charge on any atom is 0.260 e. The first-order valence-corrected chi connectivity index (χ1v) is 12.0. The molecule has 1 aromatic carbocycles. The van der Waals surface area contributed by atoms with Crippen molar-refractivity contribution in [3.8, 4) is 5.75 Å². The number of amides is 1. The van der Waals surface area contributed by atoms with Crippen LogP contribution in [0.25, 0.3) is 0 Å². The third-order valence-electron chi connectivity index (χ3n) is 6.18. The van der Waals surface area contributed by atoms with E-state index in [0.717, 1.165) is 31.9 Å². The summed E-state index contributed by atoms with van der Waals surface area (Å²) in [5, 5.41) is 0. The molecular weight excluding hydrogens is 399 g/mol. The molecule has 3 aliphatic heterocycles. The summed E-state index contributed by atoms with van der Waals surface area (Å²) in [5.74, 6) is -0.0891. The van der Waals surface area contributed by atoms with E-state index in [1.165, 1.54) is 6.07 Å². The quantitative estimate of drug-likeness (QED) is 0.779. The molecule has 0 spiro atoms. The lowest BCUT2D eigenvalue weighted by atomic mass is 9.82. The second-order valence-electron chi connectivity index (χ2n) is 8.19. The van der Waals surface area contributed by atoms with Gasteiger partial charge in [0, 0.05) is 18.2 Å². The SMILES string of the molecule is CS(=O)(=O)NC1CCN2C(=O)COc3cccc(F)c3[C@H]3CC[C@H](CC3)OC[C@@H]12. The number of halogens is 1. The number of fused-ring (bicyclic) bond motifs is 5. The first-order valence-electron chi connectivity index (χ1n) is 10.1. The van der Waals surface area contributed by atoms with Crippen molar-refractivity contribution in [3.05, 3.63) is 29.6 Å². The zero-order valence-corrected chi connectivity index (χ0v) is 17.3. The Morgan fingerprint density at radius 1 is 1.17 bits per heavy atom. The van der Waals surface area contributed by atoms with Gasteiger partial charge in [-0.15, -0.1) is 0 Å². The number of carbonyl (C=O) groups excluding carboxylic acids is 1. The normalized spacial score (nSPS) is 30.6.